The van der Waals surface area contributed by atoms with Gasteiger partial charge in [-0.15, -0.1) is 0 Å². The minimum Gasteiger partial charge on any atom is -0.396 e. The van der Waals surface area contributed by atoms with Crippen molar-refractivity contribution < 1.29 is 9.67 Å². The van der Waals surface area contributed by atoms with E-state index in [1.165, 1.54) is 0 Å². The second-order valence-corrected chi connectivity index (χ2v) is 9.82. The van der Waals surface area contributed by atoms with E-state index in [9.17, 15) is 4.57 Å². The van der Waals surface area contributed by atoms with Crippen LogP contribution in [-0.4, -0.2) is 41.3 Å². The largest absolute Gasteiger partial charge is 0.396 e. The molecule has 1 heterocycles. The Kier molecular flexibility index (Phi) is 9.65. The zero-order chi connectivity index (χ0) is 14.7. The van der Waals surface area contributed by atoms with Crippen molar-refractivity contribution in [1.82, 2.24) is 10.1 Å². The van der Waals surface area contributed by atoms with Gasteiger partial charge in [-0.25, -0.2) is 4.98 Å². The Morgan fingerprint density at radius 1 is 1.40 bits per heavy atom. The van der Waals surface area contributed by atoms with Crippen LogP contribution >= 0.6 is 28.9 Å². The van der Waals surface area contributed by atoms with Crippen LogP contribution in [0.15, 0.2) is 29.4 Å². The zero-order valence-corrected chi connectivity index (χ0v) is 14.4. The van der Waals surface area contributed by atoms with E-state index < -0.39 is 7.29 Å². The molecule has 0 aliphatic rings. The highest BCUT2D eigenvalue weighted by Crippen LogP contribution is 2.40. The molecule has 1 aromatic heterocycles. The van der Waals surface area contributed by atoms with Gasteiger partial charge in [0.1, 0.15) is 12.3 Å². The third-order valence-electron chi connectivity index (χ3n) is 2.63. The van der Waals surface area contributed by atoms with E-state index >= 15 is 0 Å². The molecule has 2 N–H and O–H groups in total. The summed E-state index contributed by atoms with van der Waals surface area (Å²) in [5.41, 5.74) is 0. The van der Waals surface area contributed by atoms with Gasteiger partial charge in [-0.1, -0.05) is 23.8 Å². The Labute approximate surface area is 129 Å². The molecule has 0 saturated heterocycles. The number of nitrogens with one attached hydrogen (secondary N) is 1. The molecule has 20 heavy (non-hydrogen) atoms. The number of hydrogen-bond donors (Lipinski definition) is 2. The fraction of sp³-hybridized carbons (Fsp3) is 0.615. The lowest BCUT2D eigenvalue weighted by molar-refractivity contribution is 0.318. The van der Waals surface area contributed by atoms with Crippen molar-refractivity contribution in [3.8, 4) is 0 Å². The Morgan fingerprint density at radius 2 is 2.25 bits per heavy atom. The van der Waals surface area contributed by atoms with Crippen molar-refractivity contribution in [2.75, 3.05) is 31.2 Å². The molecule has 4 nitrogen and oxygen atoms in total. The molecule has 1 aromatic rings. The second-order valence-electron chi connectivity index (χ2n) is 4.40. The molecule has 1 rings (SSSR count). The summed E-state index contributed by atoms with van der Waals surface area (Å²) in [6.07, 6.45) is 4.69. The van der Waals surface area contributed by atoms with Crippen LogP contribution in [0.2, 0.25) is 0 Å². The lowest BCUT2D eigenvalue weighted by Crippen LogP contribution is -2.18. The van der Waals surface area contributed by atoms with Crippen LogP contribution in [0.3, 0.4) is 0 Å². The third kappa shape index (κ3) is 7.70. The predicted molar refractivity (Wildman–Crippen MR) is 89.9 cm³/mol. The first-order chi connectivity index (χ1) is 9.70. The van der Waals surface area contributed by atoms with Crippen molar-refractivity contribution in [3.05, 3.63) is 24.4 Å². The number of nitrogens with zero attached hydrogens (tertiary/aromatic N) is 1. The highest BCUT2D eigenvalue weighted by molar-refractivity contribution is 8.76. The minimum atomic E-state index is -2.35. The summed E-state index contributed by atoms with van der Waals surface area (Å²) in [5.74, 6) is 0.986. The molecule has 1 atom stereocenters. The molecule has 7 heteroatoms. The molecule has 0 spiro atoms. The number of pyridine rings is 1. The van der Waals surface area contributed by atoms with E-state index in [1.54, 1.807) is 27.8 Å². The van der Waals surface area contributed by atoms with Gasteiger partial charge in [-0.05, 0) is 35.8 Å². The Morgan fingerprint density at radius 3 is 2.90 bits per heavy atom. The molecule has 1 unspecified atom stereocenters. The standard InChI is InChI=1S/C13H23N2O2PS2/c1-2-10-18(17,11-9-16)15-8-5-12-19-20-13-6-3-4-7-14-13/h3-4,6-7,16H,2,5,8-12H2,1H3,(H,15,17). The molecule has 0 amide bonds. The summed E-state index contributed by atoms with van der Waals surface area (Å²) in [6, 6.07) is 5.88. The number of aromatic nitrogens is 1. The molecule has 0 aromatic carbocycles. The highest BCUT2D eigenvalue weighted by atomic mass is 33.1. The van der Waals surface area contributed by atoms with E-state index in [-0.39, 0.29) is 6.61 Å². The van der Waals surface area contributed by atoms with Crippen molar-refractivity contribution in [2.24, 2.45) is 0 Å². The molecule has 0 fully saturated rings. The Balaban J connectivity index is 2.13. The van der Waals surface area contributed by atoms with Gasteiger partial charge in [0.2, 0.25) is 0 Å². The first-order valence-corrected chi connectivity index (χ1v) is 11.2. The van der Waals surface area contributed by atoms with Gasteiger partial charge in [0, 0.05) is 30.8 Å². The van der Waals surface area contributed by atoms with Crippen LogP contribution in [0.25, 0.3) is 0 Å². The van der Waals surface area contributed by atoms with Crippen LogP contribution in [0.5, 0.6) is 0 Å². The van der Waals surface area contributed by atoms with Gasteiger partial charge < -0.3 is 9.67 Å². The normalized spacial score (nSPS) is 14.1. The van der Waals surface area contributed by atoms with Crippen molar-refractivity contribution in [2.45, 2.75) is 24.8 Å². The summed E-state index contributed by atoms with van der Waals surface area (Å²) >= 11 is 0. The SMILES string of the molecule is CCCP(=O)(CCO)NCCCSSc1ccccn1. The predicted octanol–water partition coefficient (Wildman–Crippen LogP) is 3.48. The van der Waals surface area contributed by atoms with Crippen LogP contribution in [0, 0.1) is 0 Å². The molecule has 0 radical (unpaired) electrons. The maximum Gasteiger partial charge on any atom is 0.150 e. The van der Waals surface area contributed by atoms with Gasteiger partial charge in [-0.3, -0.25) is 5.09 Å². The average Bonchev–Trinajstić information content (AvgIpc) is 2.44. The van der Waals surface area contributed by atoms with E-state index in [1.807, 2.05) is 25.1 Å². The summed E-state index contributed by atoms with van der Waals surface area (Å²) in [4.78, 5) is 4.24. The van der Waals surface area contributed by atoms with Gasteiger partial charge in [0.25, 0.3) is 0 Å². The monoisotopic (exact) mass is 334 g/mol. The Hall–Kier alpha value is -0.000000000000000167. The fourth-order valence-corrected chi connectivity index (χ4v) is 5.82. The van der Waals surface area contributed by atoms with Crippen molar-refractivity contribution >= 4 is 28.9 Å². The molecule has 0 aliphatic carbocycles. The topological polar surface area (TPSA) is 62.2 Å². The maximum atomic E-state index is 12.4. The quantitative estimate of drug-likeness (QED) is 0.367. The van der Waals surface area contributed by atoms with Crippen LogP contribution in [-0.2, 0) is 4.57 Å². The van der Waals surface area contributed by atoms with Gasteiger partial charge in [-0.2, -0.15) is 0 Å². The van der Waals surface area contributed by atoms with E-state index in [0.717, 1.165) is 30.2 Å². The number of hydrogen-bond acceptors (Lipinski definition) is 5. The average molecular weight is 334 g/mol. The van der Waals surface area contributed by atoms with Gasteiger partial charge in [0.05, 0.1) is 6.61 Å². The molecular formula is C13H23N2O2PS2. The van der Waals surface area contributed by atoms with Gasteiger partial charge in [0.15, 0.2) is 0 Å². The van der Waals surface area contributed by atoms with Crippen LogP contribution < -0.4 is 5.09 Å². The summed E-state index contributed by atoms with van der Waals surface area (Å²) < 4.78 is 12.4. The summed E-state index contributed by atoms with van der Waals surface area (Å²) in [7, 11) is 1.07. The fourth-order valence-electron chi connectivity index (χ4n) is 1.70. The molecule has 0 bridgehead atoms. The second kappa shape index (κ2) is 10.7. The smallest absolute Gasteiger partial charge is 0.150 e. The first kappa shape index (κ1) is 18.1. The van der Waals surface area contributed by atoms with Gasteiger partial charge >= 0.3 is 0 Å². The van der Waals surface area contributed by atoms with E-state index in [0.29, 0.717) is 12.3 Å². The third-order valence-corrected chi connectivity index (χ3v) is 7.88. The van der Waals surface area contributed by atoms with Crippen LogP contribution in [0.4, 0.5) is 0 Å². The molecule has 114 valence electrons. The highest BCUT2D eigenvalue weighted by Gasteiger charge is 2.18. The van der Waals surface area contributed by atoms with E-state index in [4.69, 9.17) is 5.11 Å². The van der Waals surface area contributed by atoms with Crippen LogP contribution in [0.1, 0.15) is 19.8 Å². The maximum absolute atomic E-state index is 12.4. The number of rotatable bonds is 11. The first-order valence-electron chi connectivity index (χ1n) is 6.85. The molecular weight excluding hydrogens is 311 g/mol. The number of aliphatic hydroxyl groups excluding tert-OH is 1. The van der Waals surface area contributed by atoms with Crippen molar-refractivity contribution in [1.29, 1.82) is 0 Å². The minimum absolute atomic E-state index is 0.00540. The molecule has 0 saturated carbocycles. The lowest BCUT2D eigenvalue weighted by Gasteiger charge is -2.17. The summed E-state index contributed by atoms with van der Waals surface area (Å²) in [5, 5.41) is 13.1. The van der Waals surface area contributed by atoms with Crippen molar-refractivity contribution in [3.63, 3.8) is 0 Å². The number of aliphatic hydroxyl groups is 1. The lowest BCUT2D eigenvalue weighted by atomic mass is 10.5. The zero-order valence-electron chi connectivity index (χ0n) is 11.8. The Bertz CT molecular complexity index is 397. The van der Waals surface area contributed by atoms with E-state index in [2.05, 4.69) is 10.1 Å². The summed E-state index contributed by atoms with van der Waals surface area (Å²) in [6.45, 7) is 2.76. The molecule has 0 aliphatic heterocycles.